The van der Waals surface area contributed by atoms with E-state index in [0.29, 0.717) is 5.25 Å². The van der Waals surface area contributed by atoms with E-state index in [2.05, 4.69) is 33.4 Å². The molecule has 0 aliphatic carbocycles. The lowest BCUT2D eigenvalue weighted by atomic mass is 9.96. The minimum absolute atomic E-state index is 0.649. The highest BCUT2D eigenvalue weighted by Gasteiger charge is 2.05. The summed E-state index contributed by atoms with van der Waals surface area (Å²) < 4.78 is 0. The monoisotopic (exact) mass is 272 g/mol. The molecule has 0 aliphatic heterocycles. The lowest BCUT2D eigenvalue weighted by molar-refractivity contribution is 0.434. The number of unbranched alkanes of at least 4 members (excludes halogenated alkanes) is 5. The molecule has 0 radical (unpaired) electrons. The fourth-order valence-corrected chi connectivity index (χ4v) is 3.04. The Morgan fingerprint density at radius 1 is 0.667 bits per heavy atom. The van der Waals surface area contributed by atoms with Crippen molar-refractivity contribution in [2.45, 2.75) is 103 Å². The summed E-state index contributed by atoms with van der Waals surface area (Å²) in [6, 6.07) is 0. The number of hydrogen-bond acceptors (Lipinski definition) is 1. The fraction of sp³-hybridized carbons (Fsp3) is 1.00. The molecular weight excluding hydrogens is 236 g/mol. The number of thiol groups is 1. The zero-order chi connectivity index (χ0) is 13.6. The van der Waals surface area contributed by atoms with Crippen LogP contribution in [0, 0.1) is 5.92 Å². The Balaban J connectivity index is 3.24. The highest BCUT2D eigenvalue weighted by atomic mass is 32.1. The van der Waals surface area contributed by atoms with Gasteiger partial charge in [-0.15, -0.1) is 0 Å². The van der Waals surface area contributed by atoms with Crippen LogP contribution in [0.3, 0.4) is 0 Å². The first-order valence-corrected chi connectivity index (χ1v) is 8.90. The fourth-order valence-electron chi connectivity index (χ4n) is 2.60. The predicted octanol–water partition coefficient (Wildman–Crippen LogP) is 6.64. The Labute approximate surface area is 122 Å². The first-order chi connectivity index (χ1) is 8.70. The molecule has 110 valence electrons. The largest absolute Gasteiger partial charge is 0.176 e. The van der Waals surface area contributed by atoms with Crippen molar-refractivity contribution in [1.29, 1.82) is 0 Å². The molecule has 2 unspecified atom stereocenters. The Hall–Kier alpha value is 0.350. The van der Waals surface area contributed by atoms with Crippen LogP contribution in [0.25, 0.3) is 0 Å². The molecule has 0 fully saturated rings. The predicted molar refractivity (Wildman–Crippen MR) is 88.7 cm³/mol. The van der Waals surface area contributed by atoms with Crippen molar-refractivity contribution in [2.24, 2.45) is 5.92 Å². The molecule has 0 rings (SSSR count). The van der Waals surface area contributed by atoms with Gasteiger partial charge in [-0.3, -0.25) is 0 Å². The summed E-state index contributed by atoms with van der Waals surface area (Å²) in [7, 11) is 0. The molecule has 0 amide bonds. The van der Waals surface area contributed by atoms with Gasteiger partial charge in [-0.05, 0) is 18.8 Å². The molecule has 0 aromatic rings. The quantitative estimate of drug-likeness (QED) is 0.282. The van der Waals surface area contributed by atoms with Crippen LogP contribution in [-0.4, -0.2) is 5.25 Å². The van der Waals surface area contributed by atoms with E-state index in [4.69, 9.17) is 0 Å². The number of hydrogen-bond donors (Lipinski definition) is 1. The van der Waals surface area contributed by atoms with Gasteiger partial charge in [0.2, 0.25) is 0 Å². The summed E-state index contributed by atoms with van der Waals surface area (Å²) in [6.07, 6.45) is 16.7. The highest BCUT2D eigenvalue weighted by Crippen LogP contribution is 2.20. The average molecular weight is 273 g/mol. The van der Waals surface area contributed by atoms with Gasteiger partial charge in [0.25, 0.3) is 0 Å². The van der Waals surface area contributed by atoms with Gasteiger partial charge < -0.3 is 0 Å². The Morgan fingerprint density at radius 3 is 1.94 bits per heavy atom. The highest BCUT2D eigenvalue weighted by molar-refractivity contribution is 7.80. The smallest absolute Gasteiger partial charge is 0.00167 e. The summed E-state index contributed by atoms with van der Waals surface area (Å²) in [5.41, 5.74) is 0. The third-order valence-corrected chi connectivity index (χ3v) is 4.42. The normalized spacial score (nSPS) is 14.7. The average Bonchev–Trinajstić information content (AvgIpc) is 2.34. The minimum Gasteiger partial charge on any atom is -0.176 e. The third-order valence-electron chi connectivity index (χ3n) is 3.91. The second-order valence-electron chi connectivity index (χ2n) is 6.04. The van der Waals surface area contributed by atoms with Gasteiger partial charge in [-0.25, -0.2) is 0 Å². The maximum absolute atomic E-state index is 4.63. The zero-order valence-electron chi connectivity index (χ0n) is 13.1. The Kier molecular flexibility index (Phi) is 14.0. The first-order valence-electron chi connectivity index (χ1n) is 8.38. The summed E-state index contributed by atoms with van der Waals surface area (Å²) >= 11 is 4.63. The van der Waals surface area contributed by atoms with Crippen molar-refractivity contribution in [3.63, 3.8) is 0 Å². The molecule has 1 heteroatoms. The van der Waals surface area contributed by atoms with Gasteiger partial charge in [0.1, 0.15) is 0 Å². The van der Waals surface area contributed by atoms with Crippen molar-refractivity contribution >= 4 is 12.6 Å². The standard InChI is InChI=1S/C17H36S/c1-4-6-7-8-9-10-13-16(3)14-11-15-17(18)12-5-2/h16-18H,4-15H2,1-3H3. The van der Waals surface area contributed by atoms with Crippen molar-refractivity contribution in [3.8, 4) is 0 Å². The van der Waals surface area contributed by atoms with Gasteiger partial charge in [-0.1, -0.05) is 85.0 Å². The second-order valence-corrected chi connectivity index (χ2v) is 6.77. The van der Waals surface area contributed by atoms with E-state index < -0.39 is 0 Å². The van der Waals surface area contributed by atoms with Gasteiger partial charge in [0.15, 0.2) is 0 Å². The van der Waals surface area contributed by atoms with E-state index >= 15 is 0 Å². The molecule has 0 heterocycles. The zero-order valence-corrected chi connectivity index (χ0v) is 14.0. The van der Waals surface area contributed by atoms with Crippen LogP contribution in [-0.2, 0) is 0 Å². The maximum Gasteiger partial charge on any atom is 0.00167 e. The van der Waals surface area contributed by atoms with Crippen LogP contribution in [0.1, 0.15) is 97.8 Å². The Morgan fingerprint density at radius 2 is 1.28 bits per heavy atom. The Bertz CT molecular complexity index is 156. The maximum atomic E-state index is 4.63. The van der Waals surface area contributed by atoms with Gasteiger partial charge in [0.05, 0.1) is 0 Å². The van der Waals surface area contributed by atoms with Gasteiger partial charge in [-0.2, -0.15) is 12.6 Å². The molecule has 2 atom stereocenters. The molecule has 0 aromatic heterocycles. The van der Waals surface area contributed by atoms with E-state index in [9.17, 15) is 0 Å². The van der Waals surface area contributed by atoms with E-state index in [1.54, 1.807) is 0 Å². The van der Waals surface area contributed by atoms with Gasteiger partial charge in [0, 0.05) is 5.25 Å². The molecule has 0 aliphatic rings. The molecule has 0 nitrogen and oxygen atoms in total. The SMILES string of the molecule is CCCCCCCCC(C)CCCC(S)CCC. The van der Waals surface area contributed by atoms with Crippen molar-refractivity contribution < 1.29 is 0 Å². The molecule has 0 aromatic carbocycles. The lowest BCUT2D eigenvalue weighted by Crippen LogP contribution is -2.01. The third kappa shape index (κ3) is 12.8. The molecule has 0 bridgehead atoms. The van der Waals surface area contributed by atoms with Crippen molar-refractivity contribution in [2.75, 3.05) is 0 Å². The summed E-state index contributed by atoms with van der Waals surface area (Å²) in [4.78, 5) is 0. The molecule has 0 saturated carbocycles. The molecule has 0 spiro atoms. The van der Waals surface area contributed by atoms with Crippen LogP contribution in [0.4, 0.5) is 0 Å². The first kappa shape index (κ1) is 18.4. The van der Waals surface area contributed by atoms with Crippen LogP contribution < -0.4 is 0 Å². The molecule has 0 saturated heterocycles. The van der Waals surface area contributed by atoms with Crippen LogP contribution in [0.5, 0.6) is 0 Å². The lowest BCUT2D eigenvalue weighted by Gasteiger charge is -2.13. The van der Waals surface area contributed by atoms with E-state index in [0.717, 1.165) is 5.92 Å². The molecule has 18 heavy (non-hydrogen) atoms. The minimum atomic E-state index is 0.649. The van der Waals surface area contributed by atoms with Gasteiger partial charge >= 0.3 is 0 Å². The number of rotatable bonds is 13. The summed E-state index contributed by atoms with van der Waals surface area (Å²) in [6.45, 7) is 6.97. The van der Waals surface area contributed by atoms with Crippen molar-refractivity contribution in [3.05, 3.63) is 0 Å². The molecule has 0 N–H and O–H groups in total. The van der Waals surface area contributed by atoms with E-state index in [1.165, 1.54) is 77.0 Å². The summed E-state index contributed by atoms with van der Waals surface area (Å²) in [5.74, 6) is 0.929. The van der Waals surface area contributed by atoms with E-state index in [-0.39, 0.29) is 0 Å². The summed E-state index contributed by atoms with van der Waals surface area (Å²) in [5, 5.41) is 0.649. The topological polar surface area (TPSA) is 0 Å². The second kappa shape index (κ2) is 13.8. The van der Waals surface area contributed by atoms with Crippen LogP contribution in [0.15, 0.2) is 0 Å². The van der Waals surface area contributed by atoms with Crippen molar-refractivity contribution in [1.82, 2.24) is 0 Å². The molecular formula is C17H36S. The van der Waals surface area contributed by atoms with Crippen LogP contribution in [0.2, 0.25) is 0 Å². The van der Waals surface area contributed by atoms with E-state index in [1.807, 2.05) is 0 Å². The van der Waals surface area contributed by atoms with Crippen LogP contribution >= 0.6 is 12.6 Å².